The Kier molecular flexibility index (Phi) is 5.09. The smallest absolute Gasteiger partial charge is 0.248 e. The van der Waals surface area contributed by atoms with Gasteiger partial charge < -0.3 is 9.64 Å². The Morgan fingerprint density at radius 2 is 2.00 bits per heavy atom. The van der Waals surface area contributed by atoms with E-state index in [9.17, 15) is 4.79 Å². The molecule has 0 unspecified atom stereocenters. The minimum Gasteiger partial charge on any atom is -0.369 e. The average molecular weight is 213 g/mol. The first kappa shape index (κ1) is 12.5. The van der Waals surface area contributed by atoms with E-state index in [1.165, 1.54) is 25.7 Å². The van der Waals surface area contributed by atoms with Crippen molar-refractivity contribution in [3.63, 3.8) is 0 Å². The molecular formula is C12H23NO2. The minimum absolute atomic E-state index is 0.107. The Bertz CT molecular complexity index is 198. The third-order valence-electron chi connectivity index (χ3n) is 2.97. The van der Waals surface area contributed by atoms with Gasteiger partial charge in [-0.05, 0) is 32.6 Å². The predicted octanol–water partition coefficient (Wildman–Crippen LogP) is 2.06. The highest BCUT2D eigenvalue weighted by Gasteiger charge is 2.19. The highest BCUT2D eigenvalue weighted by atomic mass is 16.5. The molecule has 0 aromatic rings. The second kappa shape index (κ2) is 6.11. The summed E-state index contributed by atoms with van der Waals surface area (Å²) in [5.74, 6) is 0.827. The first-order valence-corrected chi connectivity index (χ1v) is 5.95. The van der Waals surface area contributed by atoms with Gasteiger partial charge in [0.15, 0.2) is 0 Å². The second-order valence-electron chi connectivity index (χ2n) is 4.78. The molecule has 0 spiro atoms. The third-order valence-corrected chi connectivity index (χ3v) is 2.97. The van der Waals surface area contributed by atoms with Gasteiger partial charge >= 0.3 is 0 Å². The van der Waals surface area contributed by atoms with Gasteiger partial charge in [-0.3, -0.25) is 4.79 Å². The largest absolute Gasteiger partial charge is 0.369 e. The number of hydrogen-bond donors (Lipinski definition) is 0. The van der Waals surface area contributed by atoms with Crippen LogP contribution in [0.1, 0.15) is 39.5 Å². The molecule has 1 amide bonds. The number of ether oxygens (including phenoxy) is 1. The van der Waals surface area contributed by atoms with E-state index in [0.29, 0.717) is 0 Å². The van der Waals surface area contributed by atoms with Crippen molar-refractivity contribution in [3.8, 4) is 0 Å². The molecule has 1 fully saturated rings. The molecule has 3 heteroatoms. The molecule has 0 radical (unpaired) electrons. The lowest BCUT2D eigenvalue weighted by Gasteiger charge is -2.21. The summed E-state index contributed by atoms with van der Waals surface area (Å²) in [7, 11) is 1.88. The summed E-state index contributed by atoms with van der Waals surface area (Å²) in [6.07, 6.45) is 5.35. The van der Waals surface area contributed by atoms with E-state index in [4.69, 9.17) is 4.74 Å². The summed E-state index contributed by atoms with van der Waals surface area (Å²) < 4.78 is 5.30. The maximum Gasteiger partial charge on any atom is 0.248 e. The fourth-order valence-electron chi connectivity index (χ4n) is 2.03. The monoisotopic (exact) mass is 213 g/mol. The van der Waals surface area contributed by atoms with E-state index in [0.717, 1.165) is 12.5 Å². The van der Waals surface area contributed by atoms with Crippen LogP contribution in [-0.2, 0) is 9.53 Å². The van der Waals surface area contributed by atoms with Gasteiger partial charge in [0, 0.05) is 13.6 Å². The van der Waals surface area contributed by atoms with Gasteiger partial charge in [0.25, 0.3) is 0 Å². The first-order valence-electron chi connectivity index (χ1n) is 5.95. The summed E-state index contributed by atoms with van der Waals surface area (Å²) in [5.41, 5.74) is 0. The van der Waals surface area contributed by atoms with Crippen LogP contribution in [0, 0.1) is 5.92 Å². The van der Waals surface area contributed by atoms with E-state index in [1.807, 2.05) is 25.8 Å². The number of carbonyl (C=O) groups is 1. The van der Waals surface area contributed by atoms with Crippen LogP contribution in [0.2, 0.25) is 0 Å². The molecule has 3 nitrogen and oxygen atoms in total. The Hall–Kier alpha value is -0.570. The molecule has 1 rings (SSSR count). The van der Waals surface area contributed by atoms with Gasteiger partial charge in [-0.1, -0.05) is 12.8 Å². The van der Waals surface area contributed by atoms with Gasteiger partial charge in [0.2, 0.25) is 5.91 Å². The lowest BCUT2D eigenvalue weighted by Crippen LogP contribution is -2.34. The molecule has 0 saturated heterocycles. The van der Waals surface area contributed by atoms with Crippen molar-refractivity contribution in [2.45, 2.75) is 45.6 Å². The summed E-state index contributed by atoms with van der Waals surface area (Å²) in [6.45, 7) is 5.02. The van der Waals surface area contributed by atoms with Crippen molar-refractivity contribution >= 4 is 5.91 Å². The molecule has 0 bridgehead atoms. The zero-order chi connectivity index (χ0) is 11.3. The molecule has 88 valence electrons. The van der Waals surface area contributed by atoms with Gasteiger partial charge in [-0.15, -0.1) is 0 Å². The summed E-state index contributed by atoms with van der Waals surface area (Å²) in [4.78, 5) is 13.5. The van der Waals surface area contributed by atoms with Crippen molar-refractivity contribution in [3.05, 3.63) is 0 Å². The van der Waals surface area contributed by atoms with Crippen LogP contribution in [-0.4, -0.2) is 37.1 Å². The van der Waals surface area contributed by atoms with E-state index in [1.54, 1.807) is 0 Å². The van der Waals surface area contributed by atoms with Crippen LogP contribution in [0.5, 0.6) is 0 Å². The summed E-state index contributed by atoms with van der Waals surface area (Å²) in [5, 5.41) is 0. The van der Waals surface area contributed by atoms with Crippen LogP contribution in [0.25, 0.3) is 0 Å². The highest BCUT2D eigenvalue weighted by molar-refractivity contribution is 5.77. The van der Waals surface area contributed by atoms with E-state index < -0.39 is 0 Å². The number of likely N-dealkylation sites (N-methyl/N-ethyl adjacent to an activating group) is 1. The number of nitrogens with zero attached hydrogens (tertiary/aromatic N) is 1. The molecule has 0 aliphatic heterocycles. The van der Waals surface area contributed by atoms with E-state index >= 15 is 0 Å². The molecule has 0 aromatic heterocycles. The van der Waals surface area contributed by atoms with Crippen molar-refractivity contribution in [2.75, 3.05) is 20.2 Å². The Morgan fingerprint density at radius 3 is 2.53 bits per heavy atom. The fraction of sp³-hybridized carbons (Fsp3) is 0.917. The summed E-state index contributed by atoms with van der Waals surface area (Å²) in [6, 6.07) is 0. The number of carbonyl (C=O) groups excluding carboxylic acids is 1. The molecule has 1 aliphatic rings. The zero-order valence-corrected chi connectivity index (χ0v) is 10.2. The van der Waals surface area contributed by atoms with Crippen LogP contribution < -0.4 is 0 Å². The quantitative estimate of drug-likeness (QED) is 0.699. The van der Waals surface area contributed by atoms with E-state index in [2.05, 4.69) is 0 Å². The Labute approximate surface area is 92.8 Å². The number of amides is 1. The normalized spacial score (nSPS) is 17.3. The van der Waals surface area contributed by atoms with Crippen LogP contribution in [0.3, 0.4) is 0 Å². The molecule has 0 N–H and O–H groups in total. The van der Waals surface area contributed by atoms with Crippen molar-refractivity contribution in [1.82, 2.24) is 4.90 Å². The molecule has 0 heterocycles. The number of hydrogen-bond acceptors (Lipinski definition) is 2. The zero-order valence-electron chi connectivity index (χ0n) is 10.2. The molecule has 0 atom stereocenters. The topological polar surface area (TPSA) is 29.5 Å². The SMILES string of the molecule is CC(C)OCC(=O)N(C)CC1CCCC1. The molecule has 0 aromatic carbocycles. The first-order chi connectivity index (χ1) is 7.09. The maximum atomic E-state index is 11.6. The molecular weight excluding hydrogens is 190 g/mol. The highest BCUT2D eigenvalue weighted by Crippen LogP contribution is 2.25. The maximum absolute atomic E-state index is 11.6. The van der Waals surface area contributed by atoms with Gasteiger partial charge in [0.1, 0.15) is 6.61 Å². The summed E-state index contributed by atoms with van der Waals surface area (Å²) >= 11 is 0. The van der Waals surface area contributed by atoms with Gasteiger partial charge in [0.05, 0.1) is 6.10 Å². The second-order valence-corrected chi connectivity index (χ2v) is 4.78. The number of rotatable bonds is 5. The van der Waals surface area contributed by atoms with Crippen molar-refractivity contribution in [2.24, 2.45) is 5.92 Å². The molecule has 15 heavy (non-hydrogen) atoms. The van der Waals surface area contributed by atoms with Crippen molar-refractivity contribution < 1.29 is 9.53 Å². The van der Waals surface area contributed by atoms with Gasteiger partial charge in [-0.2, -0.15) is 0 Å². The standard InChI is InChI=1S/C12H23NO2/c1-10(2)15-9-12(14)13(3)8-11-6-4-5-7-11/h10-11H,4-9H2,1-3H3. The fourth-order valence-corrected chi connectivity index (χ4v) is 2.03. The van der Waals surface area contributed by atoms with Crippen molar-refractivity contribution in [1.29, 1.82) is 0 Å². The van der Waals surface area contributed by atoms with Crippen LogP contribution >= 0.6 is 0 Å². The Balaban J connectivity index is 2.19. The Morgan fingerprint density at radius 1 is 1.40 bits per heavy atom. The van der Waals surface area contributed by atoms with Crippen LogP contribution in [0.4, 0.5) is 0 Å². The lowest BCUT2D eigenvalue weighted by molar-refractivity contribution is -0.136. The van der Waals surface area contributed by atoms with E-state index in [-0.39, 0.29) is 18.6 Å². The molecule has 1 saturated carbocycles. The lowest BCUT2D eigenvalue weighted by atomic mass is 10.1. The third kappa shape index (κ3) is 4.65. The average Bonchev–Trinajstić information content (AvgIpc) is 2.66. The minimum atomic E-state index is 0.107. The molecule has 1 aliphatic carbocycles. The predicted molar refractivity (Wildman–Crippen MR) is 60.7 cm³/mol. The van der Waals surface area contributed by atoms with Crippen LogP contribution in [0.15, 0.2) is 0 Å². The van der Waals surface area contributed by atoms with Gasteiger partial charge in [-0.25, -0.2) is 0 Å².